The molecule has 0 saturated carbocycles. The van der Waals surface area contributed by atoms with E-state index in [0.29, 0.717) is 0 Å². The molecule has 3 rings (SSSR count). The van der Waals surface area contributed by atoms with Gasteiger partial charge in [-0.2, -0.15) is 0 Å². The first kappa shape index (κ1) is 19.1. The van der Waals surface area contributed by atoms with Gasteiger partial charge in [-0.3, -0.25) is 4.99 Å². The molecule has 1 aromatic rings. The zero-order valence-corrected chi connectivity index (χ0v) is 16.3. The van der Waals surface area contributed by atoms with Crippen LogP contribution in [0, 0.1) is 0 Å². The first-order valence-corrected chi connectivity index (χ1v) is 10.4. The molecule has 2 N–H and O–H groups in total. The van der Waals surface area contributed by atoms with Crippen molar-refractivity contribution in [3.63, 3.8) is 0 Å². The number of rotatable bonds is 7. The lowest BCUT2D eigenvalue weighted by molar-refractivity contribution is 0.232. The number of fused-ring (bicyclic) bond motifs is 1. The summed E-state index contributed by atoms with van der Waals surface area (Å²) in [5.41, 5.74) is 0. The van der Waals surface area contributed by atoms with Crippen molar-refractivity contribution in [2.75, 3.05) is 39.8 Å². The minimum atomic E-state index is 0.905. The normalized spacial score (nSPS) is 19.0. The van der Waals surface area contributed by atoms with Gasteiger partial charge in [-0.15, -0.1) is 10.2 Å². The smallest absolute Gasteiger partial charge is 0.191 e. The van der Waals surface area contributed by atoms with Gasteiger partial charge in [0.05, 0.1) is 0 Å². The molecule has 1 fully saturated rings. The molecule has 0 aliphatic carbocycles. The lowest BCUT2D eigenvalue weighted by Crippen LogP contribution is -2.43. The van der Waals surface area contributed by atoms with Crippen LogP contribution in [0.3, 0.4) is 0 Å². The van der Waals surface area contributed by atoms with E-state index in [1.54, 1.807) is 0 Å². The second kappa shape index (κ2) is 10.5. The molecule has 0 aromatic carbocycles. The highest BCUT2D eigenvalue weighted by molar-refractivity contribution is 5.79. The Kier molecular flexibility index (Phi) is 7.73. The Labute approximate surface area is 157 Å². The third-order valence-electron chi connectivity index (χ3n) is 5.45. The summed E-state index contributed by atoms with van der Waals surface area (Å²) in [6.07, 6.45) is 11.0. The molecule has 1 aromatic heterocycles. The largest absolute Gasteiger partial charge is 0.356 e. The number of likely N-dealkylation sites (tertiary alicyclic amines) is 1. The van der Waals surface area contributed by atoms with Crippen molar-refractivity contribution in [3.05, 3.63) is 11.6 Å². The van der Waals surface area contributed by atoms with E-state index in [4.69, 9.17) is 0 Å². The summed E-state index contributed by atoms with van der Waals surface area (Å²) < 4.78 is 2.35. The van der Waals surface area contributed by atoms with E-state index >= 15 is 0 Å². The molecule has 0 spiro atoms. The van der Waals surface area contributed by atoms with Crippen LogP contribution >= 0.6 is 0 Å². The summed E-state index contributed by atoms with van der Waals surface area (Å²) in [6.45, 7) is 6.55. The van der Waals surface area contributed by atoms with Crippen LogP contribution in [0.4, 0.5) is 0 Å². The summed E-state index contributed by atoms with van der Waals surface area (Å²) in [5.74, 6) is 3.24. The predicted molar refractivity (Wildman–Crippen MR) is 106 cm³/mol. The van der Waals surface area contributed by atoms with Gasteiger partial charge in [0.1, 0.15) is 11.6 Å². The Hall–Kier alpha value is -1.63. The Morgan fingerprint density at radius 2 is 1.73 bits per heavy atom. The number of aromatic nitrogens is 3. The van der Waals surface area contributed by atoms with E-state index in [-0.39, 0.29) is 0 Å². The second-order valence-corrected chi connectivity index (χ2v) is 7.43. The van der Waals surface area contributed by atoms with Crippen LogP contribution in [0.1, 0.15) is 56.6 Å². The number of nitrogens with one attached hydrogen (secondary N) is 2. The second-order valence-electron chi connectivity index (χ2n) is 7.43. The Bertz CT molecular complexity index is 560. The first-order chi connectivity index (χ1) is 12.9. The van der Waals surface area contributed by atoms with Gasteiger partial charge in [0.15, 0.2) is 5.96 Å². The molecular formula is C19H35N7. The third-order valence-corrected chi connectivity index (χ3v) is 5.45. The average Bonchev–Trinajstić information content (AvgIpc) is 2.90. The average molecular weight is 362 g/mol. The van der Waals surface area contributed by atoms with Gasteiger partial charge in [-0.05, 0) is 45.2 Å². The van der Waals surface area contributed by atoms with Crippen molar-refractivity contribution < 1.29 is 0 Å². The molecule has 2 aliphatic heterocycles. The fourth-order valence-corrected chi connectivity index (χ4v) is 3.92. The molecule has 1 saturated heterocycles. The van der Waals surface area contributed by atoms with Crippen molar-refractivity contribution in [1.82, 2.24) is 30.3 Å². The highest BCUT2D eigenvalue weighted by Gasteiger charge is 2.14. The van der Waals surface area contributed by atoms with Crippen LogP contribution in [-0.2, 0) is 19.4 Å². The predicted octanol–water partition coefficient (Wildman–Crippen LogP) is 1.59. The minimum absolute atomic E-state index is 0.905. The van der Waals surface area contributed by atoms with E-state index in [9.17, 15) is 0 Å². The minimum Gasteiger partial charge on any atom is -0.356 e. The molecule has 0 radical (unpaired) electrons. The number of hydrogen-bond donors (Lipinski definition) is 2. The summed E-state index contributed by atoms with van der Waals surface area (Å²) >= 11 is 0. The number of piperidine rings is 1. The van der Waals surface area contributed by atoms with Crippen LogP contribution in [0.15, 0.2) is 4.99 Å². The number of aliphatic imine (C=N–C) groups is 1. The van der Waals surface area contributed by atoms with Crippen molar-refractivity contribution in [2.45, 2.75) is 64.3 Å². The van der Waals surface area contributed by atoms with Crippen LogP contribution in [0.5, 0.6) is 0 Å². The summed E-state index contributed by atoms with van der Waals surface area (Å²) in [4.78, 5) is 6.87. The molecule has 26 heavy (non-hydrogen) atoms. The summed E-state index contributed by atoms with van der Waals surface area (Å²) in [6, 6.07) is 0. The van der Waals surface area contributed by atoms with Gasteiger partial charge in [0.25, 0.3) is 0 Å². The summed E-state index contributed by atoms with van der Waals surface area (Å²) in [5, 5.41) is 15.7. The fourth-order valence-electron chi connectivity index (χ4n) is 3.92. The van der Waals surface area contributed by atoms with Crippen LogP contribution in [0.2, 0.25) is 0 Å². The molecular weight excluding hydrogens is 326 g/mol. The van der Waals surface area contributed by atoms with Gasteiger partial charge < -0.3 is 20.1 Å². The van der Waals surface area contributed by atoms with E-state index in [1.165, 1.54) is 57.4 Å². The maximum Gasteiger partial charge on any atom is 0.191 e. The lowest BCUT2D eigenvalue weighted by atomic mass is 10.1. The maximum absolute atomic E-state index is 4.41. The van der Waals surface area contributed by atoms with Gasteiger partial charge >= 0.3 is 0 Å². The Morgan fingerprint density at radius 3 is 2.58 bits per heavy atom. The van der Waals surface area contributed by atoms with Crippen LogP contribution < -0.4 is 10.6 Å². The van der Waals surface area contributed by atoms with Gasteiger partial charge in [-0.25, -0.2) is 0 Å². The maximum atomic E-state index is 4.41. The molecule has 0 unspecified atom stereocenters. The highest BCUT2D eigenvalue weighted by Crippen LogP contribution is 2.15. The van der Waals surface area contributed by atoms with Crippen LogP contribution in [0.25, 0.3) is 0 Å². The molecule has 7 nitrogen and oxygen atoms in total. The fraction of sp³-hybridized carbons (Fsp3) is 0.842. The van der Waals surface area contributed by atoms with Crippen molar-refractivity contribution >= 4 is 5.96 Å². The molecule has 7 heteroatoms. The zero-order valence-electron chi connectivity index (χ0n) is 16.3. The van der Waals surface area contributed by atoms with E-state index in [2.05, 4.69) is 35.3 Å². The SMILES string of the molecule is CN=C(NCCCc1nnc2n1CCCCC2)NCCN1CCCCC1. The van der Waals surface area contributed by atoms with Crippen molar-refractivity contribution in [1.29, 1.82) is 0 Å². The molecule has 0 bridgehead atoms. The van der Waals surface area contributed by atoms with E-state index < -0.39 is 0 Å². The topological polar surface area (TPSA) is 70.4 Å². The van der Waals surface area contributed by atoms with Gasteiger partial charge in [0.2, 0.25) is 0 Å². The number of hydrogen-bond acceptors (Lipinski definition) is 4. The molecule has 146 valence electrons. The number of guanidine groups is 1. The van der Waals surface area contributed by atoms with E-state index in [1.807, 2.05) is 7.05 Å². The monoisotopic (exact) mass is 361 g/mol. The standard InChI is InChI=1S/C19H35N7/c1-20-19(22-12-16-25-13-5-3-6-14-25)21-11-8-10-18-24-23-17-9-4-2-7-15-26(17)18/h2-16H2,1H3,(H2,20,21,22). The number of nitrogens with zero attached hydrogens (tertiary/aromatic N) is 5. The van der Waals surface area contributed by atoms with Gasteiger partial charge in [-0.1, -0.05) is 12.8 Å². The molecule has 2 aliphatic rings. The van der Waals surface area contributed by atoms with Crippen molar-refractivity contribution in [3.8, 4) is 0 Å². The Morgan fingerprint density at radius 1 is 0.962 bits per heavy atom. The number of aryl methyl sites for hydroxylation is 2. The third kappa shape index (κ3) is 5.69. The molecule has 0 atom stereocenters. The highest BCUT2D eigenvalue weighted by atomic mass is 15.3. The first-order valence-electron chi connectivity index (χ1n) is 10.4. The van der Waals surface area contributed by atoms with Crippen molar-refractivity contribution in [2.24, 2.45) is 4.99 Å². The quantitative estimate of drug-likeness (QED) is 0.438. The Balaban J connectivity index is 1.32. The molecule has 3 heterocycles. The van der Waals surface area contributed by atoms with Crippen LogP contribution in [-0.4, -0.2) is 65.4 Å². The lowest BCUT2D eigenvalue weighted by Gasteiger charge is -2.26. The van der Waals surface area contributed by atoms with Gasteiger partial charge in [0, 0.05) is 46.1 Å². The molecule has 0 amide bonds. The zero-order chi connectivity index (χ0) is 18.0. The van der Waals surface area contributed by atoms with E-state index in [0.717, 1.165) is 57.2 Å². The summed E-state index contributed by atoms with van der Waals surface area (Å²) in [7, 11) is 1.84.